The van der Waals surface area contributed by atoms with Crippen LogP contribution in [0.15, 0.2) is 52.1 Å². The lowest BCUT2D eigenvalue weighted by molar-refractivity contribution is 0.560. The van der Waals surface area contributed by atoms with E-state index in [-0.39, 0.29) is 11.8 Å². The lowest BCUT2D eigenvalue weighted by Gasteiger charge is -2.17. The van der Waals surface area contributed by atoms with Crippen LogP contribution in [0.25, 0.3) is 0 Å². The first kappa shape index (κ1) is 14.2. The number of thiophene rings is 1. The Morgan fingerprint density at radius 1 is 1.16 bits per heavy atom. The van der Waals surface area contributed by atoms with Crippen molar-refractivity contribution in [3.63, 3.8) is 0 Å². The number of sulfone groups is 1. The van der Waals surface area contributed by atoms with E-state index in [0.29, 0.717) is 4.21 Å². The van der Waals surface area contributed by atoms with E-state index in [1.165, 1.54) is 11.3 Å². The SMILES string of the molecule is CCNC(CS(=O)(=O)c1cccs1)c1ccccc1. The zero-order chi connectivity index (χ0) is 13.7. The summed E-state index contributed by atoms with van der Waals surface area (Å²) < 4.78 is 25.1. The first-order valence-electron chi connectivity index (χ1n) is 6.18. The molecule has 1 heterocycles. The molecular weight excluding hydrogens is 278 g/mol. The Balaban J connectivity index is 2.23. The molecule has 0 saturated heterocycles. The van der Waals surface area contributed by atoms with Gasteiger partial charge in [0.25, 0.3) is 0 Å². The molecule has 1 aromatic carbocycles. The van der Waals surface area contributed by atoms with E-state index in [1.54, 1.807) is 17.5 Å². The molecule has 0 fully saturated rings. The molecule has 0 aliphatic carbocycles. The van der Waals surface area contributed by atoms with Crippen LogP contribution in [0.4, 0.5) is 0 Å². The van der Waals surface area contributed by atoms with Gasteiger partial charge in [-0.15, -0.1) is 11.3 Å². The molecule has 0 aliphatic rings. The van der Waals surface area contributed by atoms with E-state index >= 15 is 0 Å². The van der Waals surface area contributed by atoms with Gasteiger partial charge in [0, 0.05) is 6.04 Å². The number of hydrogen-bond acceptors (Lipinski definition) is 4. The summed E-state index contributed by atoms with van der Waals surface area (Å²) in [4.78, 5) is 0. The van der Waals surface area contributed by atoms with Gasteiger partial charge in [-0.3, -0.25) is 0 Å². The van der Waals surface area contributed by atoms with Crippen LogP contribution in [0.1, 0.15) is 18.5 Å². The summed E-state index contributed by atoms with van der Waals surface area (Å²) in [6.45, 7) is 2.72. The fourth-order valence-corrected chi connectivity index (χ4v) is 4.55. The molecule has 1 atom stereocenters. The second kappa shape index (κ2) is 6.32. The van der Waals surface area contributed by atoms with Gasteiger partial charge in [0.15, 0.2) is 9.84 Å². The Labute approximate surface area is 118 Å². The van der Waals surface area contributed by atoms with Crippen molar-refractivity contribution < 1.29 is 8.42 Å². The van der Waals surface area contributed by atoms with Crippen LogP contribution in [0.5, 0.6) is 0 Å². The van der Waals surface area contributed by atoms with Crippen molar-refractivity contribution in [3.8, 4) is 0 Å². The molecule has 19 heavy (non-hydrogen) atoms. The Kier molecular flexibility index (Phi) is 4.74. The Bertz CT molecular complexity index is 592. The van der Waals surface area contributed by atoms with Gasteiger partial charge in [-0.05, 0) is 23.6 Å². The molecule has 1 aromatic heterocycles. The maximum absolute atomic E-state index is 12.3. The molecule has 2 aromatic rings. The van der Waals surface area contributed by atoms with Gasteiger partial charge in [0.1, 0.15) is 4.21 Å². The van der Waals surface area contributed by atoms with Crippen molar-refractivity contribution in [1.29, 1.82) is 0 Å². The van der Waals surface area contributed by atoms with E-state index < -0.39 is 9.84 Å². The summed E-state index contributed by atoms with van der Waals surface area (Å²) in [5.41, 5.74) is 1.00. The van der Waals surface area contributed by atoms with Crippen molar-refractivity contribution in [1.82, 2.24) is 5.32 Å². The standard InChI is InChI=1S/C14H17NO2S2/c1-2-15-13(12-7-4-3-5-8-12)11-19(16,17)14-9-6-10-18-14/h3-10,13,15H,2,11H2,1H3. The lowest BCUT2D eigenvalue weighted by Crippen LogP contribution is -2.27. The van der Waals surface area contributed by atoms with Crippen molar-refractivity contribution in [2.45, 2.75) is 17.2 Å². The third-order valence-electron chi connectivity index (χ3n) is 2.84. The van der Waals surface area contributed by atoms with Gasteiger partial charge in [-0.2, -0.15) is 0 Å². The van der Waals surface area contributed by atoms with E-state index in [0.717, 1.165) is 12.1 Å². The van der Waals surface area contributed by atoms with Crippen LogP contribution in [-0.2, 0) is 9.84 Å². The Morgan fingerprint density at radius 2 is 1.89 bits per heavy atom. The highest BCUT2D eigenvalue weighted by Gasteiger charge is 2.22. The van der Waals surface area contributed by atoms with Crippen LogP contribution in [0.3, 0.4) is 0 Å². The van der Waals surface area contributed by atoms with Gasteiger partial charge >= 0.3 is 0 Å². The van der Waals surface area contributed by atoms with Gasteiger partial charge in [0.2, 0.25) is 0 Å². The highest BCUT2D eigenvalue weighted by molar-refractivity contribution is 7.93. The first-order chi connectivity index (χ1) is 9.13. The fraction of sp³-hybridized carbons (Fsp3) is 0.286. The zero-order valence-corrected chi connectivity index (χ0v) is 12.4. The molecule has 102 valence electrons. The molecule has 0 spiro atoms. The summed E-state index contributed by atoms with van der Waals surface area (Å²) in [6.07, 6.45) is 0. The van der Waals surface area contributed by atoms with Crippen molar-refractivity contribution in [3.05, 3.63) is 53.4 Å². The Hall–Kier alpha value is -1.17. The topological polar surface area (TPSA) is 46.2 Å². The number of benzene rings is 1. The van der Waals surface area contributed by atoms with Crippen molar-refractivity contribution in [2.24, 2.45) is 0 Å². The minimum absolute atomic E-state index is 0.0887. The maximum Gasteiger partial charge on any atom is 0.189 e. The van der Waals surface area contributed by atoms with Crippen LogP contribution in [0, 0.1) is 0 Å². The van der Waals surface area contributed by atoms with Gasteiger partial charge < -0.3 is 5.32 Å². The quantitative estimate of drug-likeness (QED) is 0.891. The highest BCUT2D eigenvalue weighted by Crippen LogP contribution is 2.23. The minimum atomic E-state index is -3.23. The van der Waals surface area contributed by atoms with Crippen molar-refractivity contribution >= 4 is 21.2 Å². The number of hydrogen-bond donors (Lipinski definition) is 1. The molecule has 3 nitrogen and oxygen atoms in total. The van der Waals surface area contributed by atoms with Crippen LogP contribution >= 0.6 is 11.3 Å². The average Bonchev–Trinajstić information content (AvgIpc) is 2.94. The van der Waals surface area contributed by atoms with Crippen LogP contribution in [0.2, 0.25) is 0 Å². The largest absolute Gasteiger partial charge is 0.309 e. The molecule has 0 radical (unpaired) electrons. The Morgan fingerprint density at radius 3 is 2.47 bits per heavy atom. The molecule has 1 unspecified atom stereocenters. The molecule has 0 bridgehead atoms. The van der Waals surface area contributed by atoms with Crippen LogP contribution in [-0.4, -0.2) is 20.7 Å². The molecule has 1 N–H and O–H groups in total. The molecule has 2 rings (SSSR count). The third kappa shape index (κ3) is 3.65. The minimum Gasteiger partial charge on any atom is -0.309 e. The van der Waals surface area contributed by atoms with Crippen LogP contribution < -0.4 is 5.32 Å². The average molecular weight is 295 g/mol. The maximum atomic E-state index is 12.3. The smallest absolute Gasteiger partial charge is 0.189 e. The summed E-state index contributed by atoms with van der Waals surface area (Å²) in [5.74, 6) is 0.0887. The predicted molar refractivity (Wildman–Crippen MR) is 79.2 cm³/mol. The second-order valence-corrected chi connectivity index (χ2v) is 7.44. The first-order valence-corrected chi connectivity index (χ1v) is 8.71. The summed E-state index contributed by atoms with van der Waals surface area (Å²) in [7, 11) is -3.23. The normalized spacial score (nSPS) is 13.3. The zero-order valence-electron chi connectivity index (χ0n) is 10.7. The molecule has 5 heteroatoms. The van der Waals surface area contributed by atoms with E-state index in [4.69, 9.17) is 0 Å². The fourth-order valence-electron chi connectivity index (χ4n) is 1.95. The molecular formula is C14H17NO2S2. The van der Waals surface area contributed by atoms with E-state index in [2.05, 4.69) is 5.32 Å². The predicted octanol–water partition coefficient (Wildman–Crippen LogP) is 2.87. The van der Waals surface area contributed by atoms with E-state index in [1.807, 2.05) is 37.3 Å². The molecule has 0 amide bonds. The van der Waals surface area contributed by atoms with Gasteiger partial charge in [-0.1, -0.05) is 43.3 Å². The summed E-state index contributed by atoms with van der Waals surface area (Å²) in [6, 6.07) is 13.0. The summed E-state index contributed by atoms with van der Waals surface area (Å²) >= 11 is 1.27. The van der Waals surface area contributed by atoms with Crippen molar-refractivity contribution in [2.75, 3.05) is 12.3 Å². The molecule has 0 saturated carbocycles. The van der Waals surface area contributed by atoms with E-state index in [9.17, 15) is 8.42 Å². The van der Waals surface area contributed by atoms with Gasteiger partial charge in [0.05, 0.1) is 5.75 Å². The third-order valence-corrected chi connectivity index (χ3v) is 6.07. The number of rotatable bonds is 6. The summed E-state index contributed by atoms with van der Waals surface area (Å²) in [5, 5.41) is 5.03. The molecule has 0 aliphatic heterocycles. The lowest BCUT2D eigenvalue weighted by atomic mass is 10.1. The monoisotopic (exact) mass is 295 g/mol. The second-order valence-electron chi connectivity index (χ2n) is 4.23. The van der Waals surface area contributed by atoms with Gasteiger partial charge in [-0.25, -0.2) is 8.42 Å². The highest BCUT2D eigenvalue weighted by atomic mass is 32.2. The number of nitrogens with one attached hydrogen (secondary N) is 1.